The van der Waals surface area contributed by atoms with E-state index in [4.69, 9.17) is 0 Å². The molecular formula is C28H27N3O3. The van der Waals surface area contributed by atoms with Crippen LogP contribution in [0.5, 0.6) is 0 Å². The van der Waals surface area contributed by atoms with Crippen LogP contribution in [0.15, 0.2) is 71.5 Å². The summed E-state index contributed by atoms with van der Waals surface area (Å²) in [6.07, 6.45) is 1.54. The highest BCUT2D eigenvalue weighted by molar-refractivity contribution is 6.02. The lowest BCUT2D eigenvalue weighted by Gasteiger charge is -2.31. The Morgan fingerprint density at radius 2 is 1.56 bits per heavy atom. The van der Waals surface area contributed by atoms with E-state index in [0.29, 0.717) is 22.9 Å². The fourth-order valence-electron chi connectivity index (χ4n) is 4.90. The third-order valence-electron chi connectivity index (χ3n) is 6.39. The maximum absolute atomic E-state index is 13.7. The highest BCUT2D eigenvalue weighted by Crippen LogP contribution is 2.31. The summed E-state index contributed by atoms with van der Waals surface area (Å²) in [5.74, 6) is -0.181. The van der Waals surface area contributed by atoms with Gasteiger partial charge in [-0.2, -0.15) is 0 Å². The molecule has 1 aliphatic rings. The maximum atomic E-state index is 13.7. The topological polar surface area (TPSA) is 71.4 Å². The molecule has 0 fully saturated rings. The van der Waals surface area contributed by atoms with E-state index < -0.39 is 0 Å². The summed E-state index contributed by atoms with van der Waals surface area (Å²) in [6.45, 7) is 4.56. The standard InChI is InChI=1S/C28H27N3O3/c1-18(2)29-28(34)20-11-7-15-23-19(20)12-8-16-30(23)26(32)17-31-24-13-5-3-9-21(24)27(33)22-10-4-6-14-25(22)31/h3-7,9-11,13-15,18H,8,12,16-17H2,1-2H3,(H,29,34). The maximum Gasteiger partial charge on any atom is 0.251 e. The lowest BCUT2D eigenvalue weighted by atomic mass is 9.95. The van der Waals surface area contributed by atoms with Gasteiger partial charge in [-0.3, -0.25) is 14.4 Å². The Morgan fingerprint density at radius 3 is 2.21 bits per heavy atom. The number of hydrogen-bond acceptors (Lipinski definition) is 3. The molecule has 4 aromatic rings. The van der Waals surface area contributed by atoms with Crippen LogP contribution in [-0.2, 0) is 17.8 Å². The average molecular weight is 454 g/mol. The predicted molar refractivity (Wildman–Crippen MR) is 135 cm³/mol. The lowest BCUT2D eigenvalue weighted by molar-refractivity contribution is -0.119. The number of pyridine rings is 1. The zero-order chi connectivity index (χ0) is 23.8. The molecule has 1 aliphatic heterocycles. The number of nitrogens with zero attached hydrogens (tertiary/aromatic N) is 2. The minimum absolute atomic E-state index is 0.0287. The third kappa shape index (κ3) is 3.75. The van der Waals surface area contributed by atoms with Gasteiger partial charge in [-0.15, -0.1) is 0 Å². The molecule has 1 aromatic heterocycles. The summed E-state index contributed by atoms with van der Waals surface area (Å²) in [5, 5.41) is 4.16. The molecule has 0 atom stereocenters. The normalized spacial score (nSPS) is 13.3. The zero-order valence-corrected chi connectivity index (χ0v) is 19.4. The van der Waals surface area contributed by atoms with Crippen molar-refractivity contribution in [2.24, 2.45) is 0 Å². The number of amides is 2. The summed E-state index contributed by atoms with van der Waals surface area (Å²) in [7, 11) is 0. The van der Waals surface area contributed by atoms with Gasteiger partial charge in [-0.1, -0.05) is 30.3 Å². The molecule has 34 heavy (non-hydrogen) atoms. The monoisotopic (exact) mass is 453 g/mol. The Bertz CT molecular complexity index is 1430. The van der Waals surface area contributed by atoms with Crippen molar-refractivity contribution in [3.8, 4) is 0 Å². The SMILES string of the molecule is CC(C)NC(=O)c1cccc2c1CCCN2C(=O)Cn1c2ccccc2c(=O)c2ccccc21. The van der Waals surface area contributed by atoms with E-state index >= 15 is 0 Å². The third-order valence-corrected chi connectivity index (χ3v) is 6.39. The average Bonchev–Trinajstić information content (AvgIpc) is 2.85. The summed E-state index contributed by atoms with van der Waals surface area (Å²) in [5.41, 5.74) is 3.78. The molecule has 2 amide bonds. The fraction of sp³-hybridized carbons (Fsp3) is 0.250. The van der Waals surface area contributed by atoms with Crippen molar-refractivity contribution in [1.82, 2.24) is 9.88 Å². The van der Waals surface area contributed by atoms with Crippen LogP contribution in [0.25, 0.3) is 21.8 Å². The molecule has 0 unspecified atom stereocenters. The van der Waals surface area contributed by atoms with Gasteiger partial charge in [0.25, 0.3) is 5.91 Å². The summed E-state index contributed by atoms with van der Waals surface area (Å²) in [4.78, 5) is 41.3. The van der Waals surface area contributed by atoms with Crippen molar-refractivity contribution < 1.29 is 9.59 Å². The van der Waals surface area contributed by atoms with Crippen LogP contribution in [0.4, 0.5) is 5.69 Å². The van der Waals surface area contributed by atoms with Crippen molar-refractivity contribution in [3.63, 3.8) is 0 Å². The van der Waals surface area contributed by atoms with Crippen molar-refractivity contribution >= 4 is 39.3 Å². The fourth-order valence-corrected chi connectivity index (χ4v) is 4.90. The number of nitrogens with one attached hydrogen (secondary N) is 1. The first-order valence-corrected chi connectivity index (χ1v) is 11.7. The lowest BCUT2D eigenvalue weighted by Crippen LogP contribution is -2.39. The van der Waals surface area contributed by atoms with Gasteiger partial charge in [-0.25, -0.2) is 0 Å². The van der Waals surface area contributed by atoms with Gasteiger partial charge >= 0.3 is 0 Å². The molecular weight excluding hydrogens is 426 g/mol. The first-order chi connectivity index (χ1) is 16.5. The van der Waals surface area contributed by atoms with E-state index in [1.54, 1.807) is 17.0 Å². The van der Waals surface area contributed by atoms with Gasteiger partial charge in [0.15, 0.2) is 5.43 Å². The van der Waals surface area contributed by atoms with E-state index in [9.17, 15) is 14.4 Å². The molecule has 5 rings (SSSR count). The van der Waals surface area contributed by atoms with Crippen LogP contribution in [0.3, 0.4) is 0 Å². The van der Waals surface area contributed by atoms with Gasteiger partial charge in [0, 0.05) is 34.6 Å². The first kappa shape index (κ1) is 21.9. The van der Waals surface area contributed by atoms with E-state index in [-0.39, 0.29) is 29.8 Å². The molecule has 0 saturated heterocycles. The Balaban J connectivity index is 1.57. The minimum atomic E-state index is -0.112. The largest absolute Gasteiger partial charge is 0.350 e. The molecule has 3 aromatic carbocycles. The van der Waals surface area contributed by atoms with Crippen molar-refractivity contribution in [2.45, 2.75) is 39.3 Å². The number of anilines is 1. The van der Waals surface area contributed by atoms with Crippen LogP contribution in [-0.4, -0.2) is 29.0 Å². The van der Waals surface area contributed by atoms with Gasteiger partial charge in [0.1, 0.15) is 6.54 Å². The molecule has 6 heteroatoms. The van der Waals surface area contributed by atoms with Crippen LogP contribution in [0.1, 0.15) is 36.2 Å². The Kier molecular flexibility index (Phi) is 5.65. The highest BCUT2D eigenvalue weighted by Gasteiger charge is 2.27. The van der Waals surface area contributed by atoms with Crippen molar-refractivity contribution in [3.05, 3.63) is 88.1 Å². The second-order valence-corrected chi connectivity index (χ2v) is 9.03. The number of benzene rings is 3. The van der Waals surface area contributed by atoms with Crippen LogP contribution in [0, 0.1) is 0 Å². The Labute approximate surface area is 197 Å². The number of fused-ring (bicyclic) bond motifs is 3. The van der Waals surface area contributed by atoms with Crippen molar-refractivity contribution in [2.75, 3.05) is 11.4 Å². The van der Waals surface area contributed by atoms with Gasteiger partial charge in [-0.05, 0) is 68.7 Å². The summed E-state index contributed by atoms with van der Waals surface area (Å²) < 4.78 is 1.93. The molecule has 0 spiro atoms. The quantitative estimate of drug-likeness (QED) is 0.469. The second kappa shape index (κ2) is 8.78. The predicted octanol–water partition coefficient (Wildman–Crippen LogP) is 4.27. The highest BCUT2D eigenvalue weighted by atomic mass is 16.2. The van der Waals surface area contributed by atoms with Crippen molar-refractivity contribution in [1.29, 1.82) is 0 Å². The minimum Gasteiger partial charge on any atom is -0.350 e. The molecule has 0 bridgehead atoms. The molecule has 0 saturated carbocycles. The Morgan fingerprint density at radius 1 is 0.912 bits per heavy atom. The molecule has 0 radical (unpaired) electrons. The smallest absolute Gasteiger partial charge is 0.251 e. The van der Waals surface area contributed by atoms with Crippen LogP contribution in [0.2, 0.25) is 0 Å². The number of hydrogen-bond donors (Lipinski definition) is 1. The first-order valence-electron chi connectivity index (χ1n) is 11.7. The van der Waals surface area contributed by atoms with Gasteiger partial charge in [0.05, 0.1) is 11.0 Å². The summed E-state index contributed by atoms with van der Waals surface area (Å²) in [6, 6.07) is 20.4. The number of aromatic nitrogens is 1. The molecule has 0 aliphatic carbocycles. The number of rotatable bonds is 4. The number of para-hydroxylation sites is 2. The molecule has 2 heterocycles. The Hall–Kier alpha value is -3.93. The van der Waals surface area contributed by atoms with E-state index in [1.807, 2.05) is 73.0 Å². The van der Waals surface area contributed by atoms with E-state index in [2.05, 4.69) is 5.32 Å². The van der Waals surface area contributed by atoms with Gasteiger partial charge in [0.2, 0.25) is 5.91 Å². The molecule has 1 N–H and O–H groups in total. The summed E-state index contributed by atoms with van der Waals surface area (Å²) >= 11 is 0. The van der Waals surface area contributed by atoms with Crippen LogP contribution >= 0.6 is 0 Å². The second-order valence-electron chi connectivity index (χ2n) is 9.03. The molecule has 172 valence electrons. The van der Waals surface area contributed by atoms with E-state index in [0.717, 1.165) is 35.1 Å². The van der Waals surface area contributed by atoms with Gasteiger partial charge < -0.3 is 14.8 Å². The number of carbonyl (C=O) groups excluding carboxylic acids is 2. The number of carbonyl (C=O) groups is 2. The van der Waals surface area contributed by atoms with E-state index in [1.165, 1.54) is 0 Å². The zero-order valence-electron chi connectivity index (χ0n) is 19.4. The van der Waals surface area contributed by atoms with Crippen LogP contribution < -0.4 is 15.6 Å². The molecule has 6 nitrogen and oxygen atoms in total.